The number of carbonyl (C=O) groups is 1. The van der Waals surface area contributed by atoms with Gasteiger partial charge in [0.2, 0.25) is 5.78 Å². The van der Waals surface area contributed by atoms with Crippen molar-refractivity contribution in [3.8, 4) is 5.75 Å². The molecule has 29 heavy (non-hydrogen) atoms. The molecule has 0 unspecified atom stereocenters. The van der Waals surface area contributed by atoms with Crippen LogP contribution in [0.5, 0.6) is 5.75 Å². The van der Waals surface area contributed by atoms with Gasteiger partial charge in [0.05, 0.1) is 20.1 Å². The molecule has 0 fully saturated rings. The molecule has 0 saturated heterocycles. The average Bonchev–Trinajstić information content (AvgIpc) is 3.28. The maximum Gasteiger partial charge on any atom is 0.207 e. The third-order valence-corrected chi connectivity index (χ3v) is 6.15. The van der Waals surface area contributed by atoms with Crippen molar-refractivity contribution < 1.29 is 13.9 Å². The van der Waals surface area contributed by atoms with Gasteiger partial charge < -0.3 is 9.15 Å². The lowest BCUT2D eigenvalue weighted by Gasteiger charge is -2.12. The maximum absolute atomic E-state index is 12.2. The van der Waals surface area contributed by atoms with Crippen molar-refractivity contribution in [3.63, 3.8) is 0 Å². The smallest absolute Gasteiger partial charge is 0.207 e. The van der Waals surface area contributed by atoms with Crippen LogP contribution in [0.3, 0.4) is 0 Å². The summed E-state index contributed by atoms with van der Waals surface area (Å²) in [6.45, 7) is -0.0123. The van der Waals surface area contributed by atoms with Gasteiger partial charge in [-0.3, -0.25) is 9.48 Å². The largest absolute Gasteiger partial charge is 0.482 e. The lowest BCUT2D eigenvalue weighted by Crippen LogP contribution is -1.98. The van der Waals surface area contributed by atoms with Crippen LogP contribution in [-0.4, -0.2) is 15.6 Å². The summed E-state index contributed by atoms with van der Waals surface area (Å²) in [4.78, 5) is 12.2. The molecule has 3 aromatic rings. The van der Waals surface area contributed by atoms with Crippen LogP contribution in [0.25, 0.3) is 6.08 Å². The number of aryl methyl sites for hydroxylation is 1. The van der Waals surface area contributed by atoms with E-state index in [1.54, 1.807) is 19.2 Å². The highest BCUT2D eigenvalue weighted by molar-refractivity contribution is 6.55. The van der Waals surface area contributed by atoms with Crippen LogP contribution in [0.4, 0.5) is 0 Å². The zero-order chi connectivity index (χ0) is 21.3. The van der Waals surface area contributed by atoms with Crippen LogP contribution in [0.15, 0.2) is 28.8 Å². The Hall–Kier alpha value is -1.34. The number of furan rings is 1. The summed E-state index contributed by atoms with van der Waals surface area (Å²) in [5, 5.41) is 4.46. The first-order valence-electron chi connectivity index (χ1n) is 7.83. The molecule has 2 heterocycles. The Bertz CT molecular complexity index is 1090. The Kier molecular flexibility index (Phi) is 7.10. The van der Waals surface area contributed by atoms with Crippen molar-refractivity contribution in [1.82, 2.24) is 9.78 Å². The Morgan fingerprint density at radius 1 is 1.07 bits per heavy atom. The van der Waals surface area contributed by atoms with Crippen LogP contribution >= 0.6 is 69.6 Å². The first-order chi connectivity index (χ1) is 13.7. The number of hydrogen-bond donors (Lipinski definition) is 0. The molecule has 3 rings (SSSR count). The van der Waals surface area contributed by atoms with Crippen molar-refractivity contribution >= 4 is 81.5 Å². The number of benzene rings is 1. The minimum atomic E-state index is -0.353. The monoisotopic (exact) mass is 512 g/mol. The van der Waals surface area contributed by atoms with E-state index in [0.717, 1.165) is 0 Å². The van der Waals surface area contributed by atoms with Crippen LogP contribution in [-0.2, 0) is 13.7 Å². The van der Waals surface area contributed by atoms with E-state index in [4.69, 9.17) is 78.8 Å². The van der Waals surface area contributed by atoms with Gasteiger partial charge >= 0.3 is 0 Å². The van der Waals surface area contributed by atoms with Gasteiger partial charge in [-0.05, 0) is 24.3 Å². The Morgan fingerprint density at radius 3 is 2.28 bits per heavy atom. The Labute approximate surface area is 195 Å². The molecule has 0 bridgehead atoms. The molecule has 2 aromatic heterocycles. The van der Waals surface area contributed by atoms with Crippen molar-refractivity contribution in [1.29, 1.82) is 0 Å². The number of hydrogen-bond acceptors (Lipinski definition) is 4. The van der Waals surface area contributed by atoms with E-state index in [1.165, 1.54) is 23.0 Å². The van der Waals surface area contributed by atoms with Gasteiger partial charge in [-0.15, -0.1) is 0 Å². The van der Waals surface area contributed by atoms with Gasteiger partial charge in [0.15, 0.2) is 11.4 Å². The van der Waals surface area contributed by atoms with E-state index in [-0.39, 0.29) is 54.0 Å². The van der Waals surface area contributed by atoms with Crippen LogP contribution in [0.2, 0.25) is 30.1 Å². The van der Waals surface area contributed by atoms with E-state index in [0.29, 0.717) is 11.5 Å². The quantitative estimate of drug-likeness (QED) is 0.149. The third-order valence-electron chi connectivity index (χ3n) is 3.63. The predicted molar refractivity (Wildman–Crippen MR) is 116 cm³/mol. The van der Waals surface area contributed by atoms with Crippen LogP contribution in [0.1, 0.15) is 22.0 Å². The third kappa shape index (κ3) is 4.88. The summed E-state index contributed by atoms with van der Waals surface area (Å²) >= 11 is 36.2. The number of ether oxygens (including phenoxy) is 1. The van der Waals surface area contributed by atoms with Crippen LogP contribution < -0.4 is 4.74 Å². The number of halogens is 6. The number of allylic oxidation sites excluding steroid dienone is 1. The van der Waals surface area contributed by atoms with Crippen molar-refractivity contribution in [2.24, 2.45) is 7.05 Å². The zero-order valence-corrected chi connectivity index (χ0v) is 19.0. The highest BCUT2D eigenvalue weighted by Gasteiger charge is 2.21. The van der Waals surface area contributed by atoms with Gasteiger partial charge in [0.25, 0.3) is 0 Å². The Morgan fingerprint density at radius 2 is 1.69 bits per heavy atom. The highest BCUT2D eigenvalue weighted by atomic mass is 35.5. The zero-order valence-electron chi connectivity index (χ0n) is 14.5. The number of rotatable bonds is 6. The summed E-state index contributed by atoms with van der Waals surface area (Å²) in [6, 6.07) is 3.33. The van der Waals surface area contributed by atoms with E-state index >= 15 is 0 Å². The predicted octanol–water partition coefficient (Wildman–Crippen LogP) is 7.41. The van der Waals surface area contributed by atoms with Crippen LogP contribution in [0, 0.1) is 0 Å². The minimum Gasteiger partial charge on any atom is -0.482 e. The molecule has 0 spiro atoms. The van der Waals surface area contributed by atoms with E-state index in [2.05, 4.69) is 5.10 Å². The fourth-order valence-electron chi connectivity index (χ4n) is 2.28. The lowest BCUT2D eigenvalue weighted by atomic mass is 10.2. The second-order valence-electron chi connectivity index (χ2n) is 5.69. The standard InChI is InChI=1S/C18H10Cl6N2O3/c1-26-6-10(19)17(25-26)11(27)5-4-8-2-3-9(29-8)7-28-18-15(23)13(21)12(20)14(22)16(18)24/h2-6H,7H2,1H3/b5-4+. The molecule has 0 aliphatic rings. The Balaban J connectivity index is 1.70. The second kappa shape index (κ2) is 9.21. The molecule has 1 aromatic carbocycles. The number of ketones is 1. The fraction of sp³-hybridized carbons (Fsp3) is 0.111. The van der Waals surface area contributed by atoms with Gasteiger partial charge in [0, 0.05) is 13.2 Å². The molecule has 0 aliphatic heterocycles. The first kappa shape index (κ1) is 22.3. The van der Waals surface area contributed by atoms with Gasteiger partial charge in [-0.25, -0.2) is 0 Å². The van der Waals surface area contributed by atoms with Gasteiger partial charge in [-0.1, -0.05) is 69.6 Å². The first-order valence-corrected chi connectivity index (χ1v) is 10.1. The normalized spacial score (nSPS) is 11.4. The molecule has 0 saturated carbocycles. The number of nitrogens with zero attached hydrogens (tertiary/aromatic N) is 2. The molecular formula is C18H10Cl6N2O3. The molecular weight excluding hydrogens is 505 g/mol. The lowest BCUT2D eigenvalue weighted by molar-refractivity contribution is 0.104. The van der Waals surface area contributed by atoms with Crippen molar-refractivity contribution in [2.45, 2.75) is 6.61 Å². The van der Waals surface area contributed by atoms with Crippen molar-refractivity contribution in [2.75, 3.05) is 0 Å². The summed E-state index contributed by atoms with van der Waals surface area (Å²) in [6.07, 6.45) is 4.34. The summed E-state index contributed by atoms with van der Waals surface area (Å²) in [7, 11) is 1.67. The van der Waals surface area contributed by atoms with Crippen molar-refractivity contribution in [3.05, 3.63) is 71.8 Å². The van der Waals surface area contributed by atoms with E-state index in [9.17, 15) is 4.79 Å². The summed E-state index contributed by atoms with van der Waals surface area (Å²) in [5.74, 6) is 0.602. The average molecular weight is 515 g/mol. The van der Waals surface area contributed by atoms with E-state index < -0.39 is 0 Å². The number of carbonyl (C=O) groups excluding carboxylic acids is 1. The topological polar surface area (TPSA) is 57.3 Å². The highest BCUT2D eigenvalue weighted by Crippen LogP contribution is 2.48. The fourth-order valence-corrected chi connectivity index (χ4v) is 3.78. The maximum atomic E-state index is 12.2. The molecule has 0 aliphatic carbocycles. The van der Waals surface area contributed by atoms with Gasteiger partial charge in [0.1, 0.15) is 28.2 Å². The molecule has 0 radical (unpaired) electrons. The summed E-state index contributed by atoms with van der Waals surface area (Å²) in [5.41, 5.74) is 0.154. The van der Waals surface area contributed by atoms with E-state index in [1.807, 2.05) is 0 Å². The molecule has 152 valence electrons. The molecule has 0 amide bonds. The minimum absolute atomic E-state index is 0.0123. The molecule has 11 heteroatoms. The summed E-state index contributed by atoms with van der Waals surface area (Å²) < 4.78 is 12.6. The molecule has 0 N–H and O–H groups in total. The molecule has 5 nitrogen and oxygen atoms in total. The number of aromatic nitrogens is 2. The second-order valence-corrected chi connectivity index (χ2v) is 7.99. The van der Waals surface area contributed by atoms with Gasteiger partial charge in [-0.2, -0.15) is 5.10 Å². The SMILES string of the molecule is Cn1cc(Cl)c(C(=O)/C=C/c2ccc(COc3c(Cl)c(Cl)c(Cl)c(Cl)c3Cl)o2)n1. The molecule has 0 atom stereocenters.